The van der Waals surface area contributed by atoms with Gasteiger partial charge in [0.2, 0.25) is 0 Å². The molecular formula is C15H24N2. The maximum absolute atomic E-state index is 5.49. The number of nitrogens with zero attached hydrogens (tertiary/aromatic N) is 1. The first-order chi connectivity index (χ1) is 8.42. The van der Waals surface area contributed by atoms with Gasteiger partial charge in [0.1, 0.15) is 0 Å². The zero-order valence-electron chi connectivity index (χ0n) is 10.7. The van der Waals surface area contributed by atoms with Crippen molar-refractivity contribution < 1.29 is 0 Å². The normalized spacial score (nSPS) is 14.1. The lowest BCUT2D eigenvalue weighted by Crippen LogP contribution is -2.21. The lowest BCUT2D eigenvalue weighted by atomic mass is 10.1. The average molecular weight is 232 g/mol. The van der Waals surface area contributed by atoms with Gasteiger partial charge in [-0.25, -0.2) is 0 Å². The van der Waals surface area contributed by atoms with Crippen LogP contribution in [0, 0.1) is 0 Å². The van der Waals surface area contributed by atoms with Gasteiger partial charge in [0.05, 0.1) is 0 Å². The van der Waals surface area contributed by atoms with Gasteiger partial charge in [0, 0.05) is 18.8 Å². The third-order valence-electron chi connectivity index (χ3n) is 3.62. The summed E-state index contributed by atoms with van der Waals surface area (Å²) in [6.07, 6.45) is 7.72. The van der Waals surface area contributed by atoms with E-state index < -0.39 is 0 Å². The molecule has 0 fully saturated rings. The smallest absolute Gasteiger partial charge is 0.0399 e. The van der Waals surface area contributed by atoms with E-state index in [9.17, 15) is 0 Å². The van der Waals surface area contributed by atoms with E-state index >= 15 is 0 Å². The molecule has 0 atom stereocenters. The van der Waals surface area contributed by atoms with E-state index in [-0.39, 0.29) is 0 Å². The molecule has 1 aromatic carbocycles. The van der Waals surface area contributed by atoms with Gasteiger partial charge in [-0.05, 0) is 37.4 Å². The molecule has 0 radical (unpaired) electrons. The van der Waals surface area contributed by atoms with Crippen LogP contribution in [-0.2, 0) is 6.42 Å². The van der Waals surface area contributed by atoms with Crippen molar-refractivity contribution in [3.05, 3.63) is 29.8 Å². The van der Waals surface area contributed by atoms with E-state index in [0.717, 1.165) is 6.54 Å². The lowest BCUT2D eigenvalue weighted by Gasteiger charge is -2.19. The minimum atomic E-state index is 0.847. The fourth-order valence-electron chi connectivity index (χ4n) is 2.62. The Labute approximate surface area is 105 Å². The second-order valence-corrected chi connectivity index (χ2v) is 4.92. The molecule has 0 aromatic heterocycles. The largest absolute Gasteiger partial charge is 0.371 e. The summed E-state index contributed by atoms with van der Waals surface area (Å²) in [6, 6.07) is 8.82. The number of hydrogen-bond acceptors (Lipinski definition) is 2. The molecule has 0 saturated carbocycles. The monoisotopic (exact) mass is 232 g/mol. The van der Waals surface area contributed by atoms with Crippen LogP contribution in [0.2, 0.25) is 0 Å². The summed E-state index contributed by atoms with van der Waals surface area (Å²) in [5.41, 5.74) is 8.48. The molecule has 1 aromatic rings. The van der Waals surface area contributed by atoms with E-state index in [4.69, 9.17) is 5.73 Å². The SMILES string of the molecule is NCCCCCCCN1CCc2ccccc21. The highest BCUT2D eigenvalue weighted by Gasteiger charge is 2.16. The van der Waals surface area contributed by atoms with E-state index in [1.54, 1.807) is 0 Å². The van der Waals surface area contributed by atoms with Gasteiger partial charge in [0.25, 0.3) is 0 Å². The summed E-state index contributed by atoms with van der Waals surface area (Å²) >= 11 is 0. The van der Waals surface area contributed by atoms with Crippen molar-refractivity contribution in [1.29, 1.82) is 0 Å². The molecule has 1 heterocycles. The van der Waals surface area contributed by atoms with E-state index in [1.165, 1.54) is 62.9 Å². The Morgan fingerprint density at radius 3 is 2.65 bits per heavy atom. The van der Waals surface area contributed by atoms with Crippen LogP contribution < -0.4 is 10.6 Å². The van der Waals surface area contributed by atoms with Crippen LogP contribution in [0.4, 0.5) is 5.69 Å². The Morgan fingerprint density at radius 2 is 1.76 bits per heavy atom. The zero-order chi connectivity index (χ0) is 11.9. The maximum Gasteiger partial charge on any atom is 0.0399 e. The molecule has 2 nitrogen and oxygen atoms in total. The number of fused-ring (bicyclic) bond motifs is 1. The van der Waals surface area contributed by atoms with Crippen molar-refractivity contribution in [2.24, 2.45) is 5.73 Å². The zero-order valence-corrected chi connectivity index (χ0v) is 10.7. The second kappa shape index (κ2) is 6.65. The highest BCUT2D eigenvalue weighted by Crippen LogP contribution is 2.27. The number of nitrogens with two attached hydrogens (primary N) is 1. The Hall–Kier alpha value is -1.02. The molecule has 2 N–H and O–H groups in total. The van der Waals surface area contributed by atoms with Gasteiger partial charge in [-0.3, -0.25) is 0 Å². The number of rotatable bonds is 7. The van der Waals surface area contributed by atoms with Crippen LogP contribution in [0.15, 0.2) is 24.3 Å². The quantitative estimate of drug-likeness (QED) is 0.732. The summed E-state index contributed by atoms with van der Waals surface area (Å²) in [6.45, 7) is 3.28. The number of unbranched alkanes of at least 4 members (excludes halogenated alkanes) is 4. The van der Waals surface area contributed by atoms with Gasteiger partial charge in [-0.1, -0.05) is 37.5 Å². The maximum atomic E-state index is 5.49. The first-order valence-corrected chi connectivity index (χ1v) is 6.95. The number of benzene rings is 1. The van der Waals surface area contributed by atoms with Crippen molar-refractivity contribution in [1.82, 2.24) is 0 Å². The molecular weight excluding hydrogens is 208 g/mol. The van der Waals surface area contributed by atoms with Gasteiger partial charge < -0.3 is 10.6 Å². The van der Waals surface area contributed by atoms with Gasteiger partial charge in [-0.2, -0.15) is 0 Å². The Bertz CT molecular complexity index is 335. The van der Waals surface area contributed by atoms with Crippen molar-refractivity contribution >= 4 is 5.69 Å². The first-order valence-electron chi connectivity index (χ1n) is 6.95. The van der Waals surface area contributed by atoms with E-state index in [0.29, 0.717) is 0 Å². The van der Waals surface area contributed by atoms with Crippen LogP contribution in [0.1, 0.15) is 37.7 Å². The minimum Gasteiger partial charge on any atom is -0.371 e. The lowest BCUT2D eigenvalue weighted by molar-refractivity contribution is 0.611. The molecule has 94 valence electrons. The van der Waals surface area contributed by atoms with Crippen molar-refractivity contribution in [3.8, 4) is 0 Å². The summed E-state index contributed by atoms with van der Waals surface area (Å²) in [5, 5.41) is 0. The summed E-state index contributed by atoms with van der Waals surface area (Å²) in [4.78, 5) is 2.54. The van der Waals surface area contributed by atoms with Crippen molar-refractivity contribution in [3.63, 3.8) is 0 Å². The third-order valence-corrected chi connectivity index (χ3v) is 3.62. The van der Waals surface area contributed by atoms with Crippen molar-refractivity contribution in [2.75, 3.05) is 24.5 Å². The molecule has 0 aliphatic carbocycles. The van der Waals surface area contributed by atoms with Crippen LogP contribution in [0.25, 0.3) is 0 Å². The fraction of sp³-hybridized carbons (Fsp3) is 0.600. The number of para-hydroxylation sites is 1. The van der Waals surface area contributed by atoms with Crippen LogP contribution in [0.3, 0.4) is 0 Å². The van der Waals surface area contributed by atoms with Crippen LogP contribution in [0.5, 0.6) is 0 Å². The Balaban J connectivity index is 1.68. The van der Waals surface area contributed by atoms with E-state index in [2.05, 4.69) is 29.2 Å². The summed E-state index contributed by atoms with van der Waals surface area (Å²) in [5.74, 6) is 0. The third kappa shape index (κ3) is 3.47. The Morgan fingerprint density at radius 1 is 1.00 bits per heavy atom. The molecule has 1 aliphatic heterocycles. The molecule has 1 aliphatic rings. The predicted molar refractivity (Wildman–Crippen MR) is 74.5 cm³/mol. The molecule has 0 spiro atoms. The number of anilines is 1. The average Bonchev–Trinajstić information content (AvgIpc) is 2.77. The first kappa shape index (κ1) is 12.4. The molecule has 0 amide bonds. The van der Waals surface area contributed by atoms with Crippen molar-refractivity contribution in [2.45, 2.75) is 38.5 Å². The van der Waals surface area contributed by atoms with Crippen LogP contribution >= 0.6 is 0 Å². The molecule has 0 saturated heterocycles. The minimum absolute atomic E-state index is 0.847. The standard InChI is InChI=1S/C15H24N2/c16-11-6-2-1-3-7-12-17-13-10-14-8-4-5-9-15(14)17/h4-5,8-9H,1-3,6-7,10-13,16H2. The molecule has 17 heavy (non-hydrogen) atoms. The second-order valence-electron chi connectivity index (χ2n) is 4.92. The summed E-state index contributed by atoms with van der Waals surface area (Å²) in [7, 11) is 0. The highest BCUT2D eigenvalue weighted by atomic mass is 15.1. The molecule has 0 unspecified atom stereocenters. The van der Waals surface area contributed by atoms with E-state index in [1.807, 2.05) is 0 Å². The predicted octanol–water partition coefficient (Wildman–Crippen LogP) is 2.96. The molecule has 2 heteroatoms. The Kier molecular flexibility index (Phi) is 4.87. The van der Waals surface area contributed by atoms with Gasteiger partial charge >= 0.3 is 0 Å². The van der Waals surface area contributed by atoms with Crippen LogP contribution in [-0.4, -0.2) is 19.6 Å². The van der Waals surface area contributed by atoms with Gasteiger partial charge in [0.15, 0.2) is 0 Å². The highest BCUT2D eigenvalue weighted by molar-refractivity contribution is 5.57. The topological polar surface area (TPSA) is 29.3 Å². The fourth-order valence-corrected chi connectivity index (χ4v) is 2.62. The number of hydrogen-bond donors (Lipinski definition) is 1. The van der Waals surface area contributed by atoms with Gasteiger partial charge in [-0.15, -0.1) is 0 Å². The molecule has 2 rings (SSSR count). The summed E-state index contributed by atoms with van der Waals surface area (Å²) < 4.78 is 0. The molecule has 0 bridgehead atoms.